The molecule has 1 fully saturated rings. The van der Waals surface area contributed by atoms with Crippen molar-refractivity contribution >= 4 is 43.2 Å². The fourth-order valence-corrected chi connectivity index (χ4v) is 4.13. The minimum Gasteiger partial charge on any atom is -0.492 e. The molecule has 0 aliphatic heterocycles. The van der Waals surface area contributed by atoms with Gasteiger partial charge in [0.05, 0.1) is 6.61 Å². The average Bonchev–Trinajstić information content (AvgIpc) is 3.43. The van der Waals surface area contributed by atoms with Crippen LogP contribution >= 0.6 is 15.9 Å². The fourth-order valence-electron chi connectivity index (χ4n) is 2.39. The predicted molar refractivity (Wildman–Crippen MR) is 104 cm³/mol. The lowest BCUT2D eigenvalue weighted by Gasteiger charge is -2.13. The summed E-state index contributed by atoms with van der Waals surface area (Å²) in [4.78, 5) is 11.8. The largest absolute Gasteiger partial charge is 0.492 e. The molecular weight excluding hydrogens is 420 g/mol. The van der Waals surface area contributed by atoms with E-state index in [1.54, 1.807) is 43.3 Å². The first-order valence-electron chi connectivity index (χ1n) is 8.25. The van der Waals surface area contributed by atoms with Gasteiger partial charge in [0, 0.05) is 21.8 Å². The molecule has 3 rings (SSSR count). The number of amides is 1. The summed E-state index contributed by atoms with van der Waals surface area (Å²) in [6, 6.07) is 11.4. The zero-order chi connectivity index (χ0) is 18.7. The molecule has 1 aliphatic rings. The van der Waals surface area contributed by atoms with Crippen LogP contribution in [0, 0.1) is 5.92 Å². The van der Waals surface area contributed by atoms with E-state index in [1.165, 1.54) is 6.07 Å². The molecule has 1 amide bonds. The predicted octanol–water partition coefficient (Wildman–Crippen LogP) is 4.00. The Hall–Kier alpha value is -2.06. The molecule has 0 spiro atoms. The summed E-state index contributed by atoms with van der Waals surface area (Å²) in [6.07, 6.45) is 1.86. The van der Waals surface area contributed by atoms with Gasteiger partial charge in [-0.25, -0.2) is 8.42 Å². The van der Waals surface area contributed by atoms with Crippen molar-refractivity contribution in [1.82, 2.24) is 0 Å². The zero-order valence-electron chi connectivity index (χ0n) is 14.2. The van der Waals surface area contributed by atoms with E-state index in [2.05, 4.69) is 26.0 Å². The Bertz CT molecular complexity index is 909. The van der Waals surface area contributed by atoms with Crippen molar-refractivity contribution in [2.45, 2.75) is 24.7 Å². The topological polar surface area (TPSA) is 84.5 Å². The van der Waals surface area contributed by atoms with Gasteiger partial charge in [0.2, 0.25) is 5.91 Å². The van der Waals surface area contributed by atoms with E-state index in [0.717, 1.165) is 12.8 Å². The van der Waals surface area contributed by atoms with Gasteiger partial charge >= 0.3 is 0 Å². The maximum absolute atomic E-state index is 12.7. The van der Waals surface area contributed by atoms with E-state index >= 15 is 0 Å². The number of anilines is 2. The molecule has 138 valence electrons. The number of benzene rings is 2. The van der Waals surface area contributed by atoms with Crippen LogP contribution in [0.25, 0.3) is 0 Å². The second kappa shape index (κ2) is 7.67. The standard InChI is InChI=1S/C18H19BrN2O4S/c1-2-25-16-10-5-13(19)11-17(16)26(23,24)21-15-8-6-14(7-9-15)20-18(22)12-3-4-12/h5-12,21H,2-4H2,1H3,(H,20,22). The molecule has 1 aliphatic carbocycles. The number of nitrogens with one attached hydrogen (secondary N) is 2. The highest BCUT2D eigenvalue weighted by molar-refractivity contribution is 9.10. The molecule has 6 nitrogen and oxygen atoms in total. The van der Waals surface area contributed by atoms with Crippen LogP contribution in [0.3, 0.4) is 0 Å². The first-order valence-corrected chi connectivity index (χ1v) is 10.5. The van der Waals surface area contributed by atoms with Crippen molar-refractivity contribution < 1.29 is 17.9 Å². The van der Waals surface area contributed by atoms with Gasteiger partial charge in [-0.05, 0) is 62.2 Å². The van der Waals surface area contributed by atoms with E-state index in [1.807, 2.05) is 0 Å². The Balaban J connectivity index is 1.77. The number of hydrogen-bond donors (Lipinski definition) is 2. The van der Waals surface area contributed by atoms with Crippen molar-refractivity contribution in [2.75, 3.05) is 16.6 Å². The second-order valence-electron chi connectivity index (χ2n) is 5.97. The first kappa shape index (κ1) is 18.7. The molecule has 8 heteroatoms. The second-order valence-corrected chi connectivity index (χ2v) is 8.54. The van der Waals surface area contributed by atoms with Gasteiger partial charge in [0.1, 0.15) is 10.6 Å². The van der Waals surface area contributed by atoms with Crippen LogP contribution in [-0.4, -0.2) is 20.9 Å². The van der Waals surface area contributed by atoms with Crippen molar-refractivity contribution in [3.63, 3.8) is 0 Å². The number of hydrogen-bond acceptors (Lipinski definition) is 4. The Morgan fingerprint density at radius 2 is 1.81 bits per heavy atom. The lowest BCUT2D eigenvalue weighted by Crippen LogP contribution is -2.15. The van der Waals surface area contributed by atoms with Gasteiger partial charge in [-0.3, -0.25) is 9.52 Å². The Morgan fingerprint density at radius 1 is 1.15 bits per heavy atom. The van der Waals surface area contributed by atoms with Crippen molar-refractivity contribution in [2.24, 2.45) is 5.92 Å². The summed E-state index contributed by atoms with van der Waals surface area (Å²) in [5.41, 5.74) is 1.04. The SMILES string of the molecule is CCOc1ccc(Br)cc1S(=O)(=O)Nc1ccc(NC(=O)C2CC2)cc1. The molecule has 0 bridgehead atoms. The van der Waals surface area contributed by atoms with E-state index in [0.29, 0.717) is 22.5 Å². The van der Waals surface area contributed by atoms with Crippen molar-refractivity contribution in [3.8, 4) is 5.75 Å². The smallest absolute Gasteiger partial charge is 0.265 e. The van der Waals surface area contributed by atoms with E-state index in [9.17, 15) is 13.2 Å². The average molecular weight is 439 g/mol. The van der Waals surface area contributed by atoms with Crippen molar-refractivity contribution in [1.29, 1.82) is 0 Å². The summed E-state index contributed by atoms with van der Waals surface area (Å²) >= 11 is 3.29. The molecule has 1 saturated carbocycles. The number of ether oxygens (including phenoxy) is 1. The van der Waals surface area contributed by atoms with Crippen LogP contribution in [0.2, 0.25) is 0 Å². The monoisotopic (exact) mass is 438 g/mol. The van der Waals surface area contributed by atoms with E-state index < -0.39 is 10.0 Å². The Kier molecular flexibility index (Phi) is 5.52. The van der Waals surface area contributed by atoms with Gasteiger partial charge in [-0.1, -0.05) is 15.9 Å². The zero-order valence-corrected chi connectivity index (χ0v) is 16.6. The fraction of sp³-hybridized carbons (Fsp3) is 0.278. The Morgan fingerprint density at radius 3 is 2.42 bits per heavy atom. The highest BCUT2D eigenvalue weighted by Gasteiger charge is 2.29. The molecular formula is C18H19BrN2O4S. The quantitative estimate of drug-likeness (QED) is 0.683. The number of halogens is 1. The van der Waals surface area contributed by atoms with Gasteiger partial charge < -0.3 is 10.1 Å². The van der Waals surface area contributed by atoms with E-state index in [4.69, 9.17) is 4.74 Å². The van der Waals surface area contributed by atoms with Crippen LogP contribution in [0.5, 0.6) is 5.75 Å². The molecule has 0 atom stereocenters. The number of rotatable bonds is 7. The number of carbonyl (C=O) groups is 1. The third-order valence-electron chi connectivity index (χ3n) is 3.85. The Labute approximate surface area is 161 Å². The summed E-state index contributed by atoms with van der Waals surface area (Å²) in [5, 5.41) is 2.82. The molecule has 0 aromatic heterocycles. The lowest BCUT2D eigenvalue weighted by molar-refractivity contribution is -0.117. The van der Waals surface area contributed by atoms with E-state index in [-0.39, 0.29) is 22.5 Å². The van der Waals surface area contributed by atoms with Gasteiger partial charge in [0.15, 0.2) is 0 Å². The van der Waals surface area contributed by atoms with Crippen LogP contribution in [-0.2, 0) is 14.8 Å². The van der Waals surface area contributed by atoms with Crippen LogP contribution in [0.1, 0.15) is 19.8 Å². The minimum atomic E-state index is -3.82. The molecule has 2 aromatic carbocycles. The van der Waals surface area contributed by atoms with Gasteiger partial charge in [-0.2, -0.15) is 0 Å². The highest BCUT2D eigenvalue weighted by atomic mass is 79.9. The molecule has 0 heterocycles. The van der Waals surface area contributed by atoms with Crippen LogP contribution < -0.4 is 14.8 Å². The normalized spacial score (nSPS) is 13.9. The highest BCUT2D eigenvalue weighted by Crippen LogP contribution is 2.31. The van der Waals surface area contributed by atoms with Crippen molar-refractivity contribution in [3.05, 3.63) is 46.9 Å². The maximum Gasteiger partial charge on any atom is 0.265 e. The molecule has 2 N–H and O–H groups in total. The minimum absolute atomic E-state index is 0.00817. The lowest BCUT2D eigenvalue weighted by atomic mass is 10.2. The summed E-state index contributed by atoms with van der Waals surface area (Å²) in [5.74, 6) is 0.409. The molecule has 0 unspecified atom stereocenters. The molecule has 0 saturated heterocycles. The molecule has 0 radical (unpaired) electrons. The third-order valence-corrected chi connectivity index (χ3v) is 5.74. The summed E-state index contributed by atoms with van der Waals surface area (Å²) in [6.45, 7) is 2.15. The first-order chi connectivity index (χ1) is 12.4. The van der Waals surface area contributed by atoms with Crippen LogP contribution in [0.15, 0.2) is 51.8 Å². The van der Waals surface area contributed by atoms with Gasteiger partial charge in [-0.15, -0.1) is 0 Å². The summed E-state index contributed by atoms with van der Waals surface area (Å²) < 4.78 is 34.0. The third kappa shape index (κ3) is 4.56. The molecule has 26 heavy (non-hydrogen) atoms. The van der Waals surface area contributed by atoms with Crippen LogP contribution in [0.4, 0.5) is 11.4 Å². The van der Waals surface area contributed by atoms with Gasteiger partial charge in [0.25, 0.3) is 10.0 Å². The number of sulfonamides is 1. The number of carbonyl (C=O) groups excluding carboxylic acids is 1. The maximum atomic E-state index is 12.7. The summed E-state index contributed by atoms with van der Waals surface area (Å²) in [7, 11) is -3.82. The molecule has 2 aromatic rings.